The maximum atomic E-state index is 12.8. The maximum Gasteiger partial charge on any atom is 0.261 e. The molecule has 3 aliphatic rings. The number of hydrogen-bond acceptors (Lipinski definition) is 4. The van der Waals surface area contributed by atoms with Crippen LogP contribution >= 0.6 is 23.2 Å². The highest BCUT2D eigenvalue weighted by Gasteiger charge is 2.34. The number of benzene rings is 2. The molecule has 2 aromatic carbocycles. The molecule has 2 unspecified atom stereocenters. The molecule has 1 fully saturated rings. The number of ether oxygens (including phenoxy) is 2. The first-order valence-electron chi connectivity index (χ1n) is 11.2. The summed E-state index contributed by atoms with van der Waals surface area (Å²) in [5.74, 6) is 1.90. The average Bonchev–Trinajstić information content (AvgIpc) is 3.38. The van der Waals surface area contributed by atoms with Gasteiger partial charge in [0.25, 0.3) is 5.91 Å². The highest BCUT2D eigenvalue weighted by atomic mass is 35.5. The Labute approximate surface area is 197 Å². The number of Topliss-reactive ketones (excluding diaryl/α,β-unsaturated/α-hetero) is 1. The summed E-state index contributed by atoms with van der Waals surface area (Å²) < 4.78 is 11.6. The number of hydrogen-bond donors (Lipinski definition) is 1. The van der Waals surface area contributed by atoms with Crippen LogP contribution in [0.2, 0.25) is 10.0 Å². The van der Waals surface area contributed by atoms with Crippen LogP contribution in [0.25, 0.3) is 0 Å². The lowest BCUT2D eigenvalue weighted by molar-refractivity contribution is -0.129. The van der Waals surface area contributed by atoms with Gasteiger partial charge in [-0.15, -0.1) is 0 Å². The molecule has 0 spiro atoms. The van der Waals surface area contributed by atoms with Gasteiger partial charge < -0.3 is 14.8 Å². The Morgan fingerprint density at radius 3 is 2.03 bits per heavy atom. The van der Waals surface area contributed by atoms with Crippen LogP contribution in [-0.2, 0) is 22.4 Å². The molecule has 32 heavy (non-hydrogen) atoms. The Kier molecular flexibility index (Phi) is 6.04. The molecule has 0 aromatic heterocycles. The fourth-order valence-electron chi connectivity index (χ4n) is 4.98. The third-order valence-electron chi connectivity index (χ3n) is 6.73. The van der Waals surface area contributed by atoms with E-state index in [4.69, 9.17) is 32.7 Å². The fraction of sp³-hybridized carbons (Fsp3) is 0.440. The summed E-state index contributed by atoms with van der Waals surface area (Å²) in [6.45, 7) is 0. The molecule has 2 aromatic rings. The third-order valence-corrected chi connectivity index (χ3v) is 7.20. The molecule has 0 radical (unpaired) electrons. The quantitative estimate of drug-likeness (QED) is 0.667. The second-order valence-electron chi connectivity index (χ2n) is 9.02. The van der Waals surface area contributed by atoms with Crippen LogP contribution in [0.3, 0.4) is 0 Å². The molecule has 0 bridgehead atoms. The van der Waals surface area contributed by atoms with E-state index in [2.05, 4.69) is 5.32 Å². The molecule has 2 aliphatic heterocycles. The highest BCUT2D eigenvalue weighted by molar-refractivity contribution is 6.31. The van der Waals surface area contributed by atoms with Gasteiger partial charge in [-0.2, -0.15) is 0 Å². The number of rotatable bonds is 5. The van der Waals surface area contributed by atoms with Crippen molar-refractivity contribution >= 4 is 34.9 Å². The van der Waals surface area contributed by atoms with Crippen molar-refractivity contribution in [1.82, 2.24) is 5.32 Å². The maximum absolute atomic E-state index is 12.8. The van der Waals surface area contributed by atoms with E-state index >= 15 is 0 Å². The van der Waals surface area contributed by atoms with E-state index < -0.39 is 12.2 Å². The van der Waals surface area contributed by atoms with Gasteiger partial charge in [0.05, 0.1) is 0 Å². The van der Waals surface area contributed by atoms with Crippen LogP contribution in [0.1, 0.15) is 43.2 Å². The smallest absolute Gasteiger partial charge is 0.261 e. The Morgan fingerprint density at radius 2 is 1.41 bits per heavy atom. The van der Waals surface area contributed by atoms with Crippen LogP contribution in [0.4, 0.5) is 0 Å². The lowest BCUT2D eigenvalue weighted by Gasteiger charge is -2.29. The fourth-order valence-corrected chi connectivity index (χ4v) is 5.37. The minimum absolute atomic E-state index is 0.0763. The summed E-state index contributed by atoms with van der Waals surface area (Å²) in [4.78, 5) is 25.5. The third kappa shape index (κ3) is 4.60. The van der Waals surface area contributed by atoms with E-state index in [-0.39, 0.29) is 17.7 Å². The van der Waals surface area contributed by atoms with Crippen molar-refractivity contribution in [2.45, 2.75) is 63.2 Å². The molecule has 0 saturated heterocycles. The number of amides is 1. The zero-order valence-corrected chi connectivity index (χ0v) is 19.1. The topological polar surface area (TPSA) is 64.6 Å². The standard InChI is InChI=1S/C25H25Cl2NO4/c26-17-3-7-21-15(10-17)12-23(31-21)20(29)9-14-1-5-19(6-2-14)28-25(30)24-13-16-11-18(27)4-8-22(16)32-24/h3-4,7-8,10-11,14,19,23-24H,1-2,5-6,9,12-13H2,(H,28,30). The molecule has 2 atom stereocenters. The number of fused-ring (bicyclic) bond motifs is 2. The van der Waals surface area contributed by atoms with Gasteiger partial charge in [-0.3, -0.25) is 9.59 Å². The van der Waals surface area contributed by atoms with Gasteiger partial charge in [-0.25, -0.2) is 0 Å². The van der Waals surface area contributed by atoms with Gasteiger partial charge in [0.15, 0.2) is 18.0 Å². The molecular weight excluding hydrogens is 449 g/mol. The Balaban J connectivity index is 1.07. The SMILES string of the molecule is O=C(CC1CCC(NC(=O)C2Cc3cc(Cl)ccc3O2)CC1)C1Cc2cc(Cl)ccc2O1. The first kappa shape index (κ1) is 21.6. The largest absolute Gasteiger partial charge is 0.482 e. The van der Waals surface area contributed by atoms with Gasteiger partial charge in [-0.1, -0.05) is 23.2 Å². The molecular formula is C25H25Cl2NO4. The van der Waals surface area contributed by atoms with Crippen molar-refractivity contribution in [3.05, 3.63) is 57.6 Å². The van der Waals surface area contributed by atoms with Crippen LogP contribution < -0.4 is 14.8 Å². The Bertz CT molecular complexity index is 965. The van der Waals surface area contributed by atoms with Crippen molar-refractivity contribution < 1.29 is 19.1 Å². The van der Waals surface area contributed by atoms with Crippen LogP contribution in [0.5, 0.6) is 11.5 Å². The van der Waals surface area contributed by atoms with E-state index in [9.17, 15) is 9.59 Å². The second-order valence-corrected chi connectivity index (χ2v) is 9.89. The van der Waals surface area contributed by atoms with E-state index in [1.54, 1.807) is 12.1 Å². The van der Waals surface area contributed by atoms with Crippen molar-refractivity contribution in [3.63, 3.8) is 0 Å². The van der Waals surface area contributed by atoms with Gasteiger partial charge in [0.1, 0.15) is 11.5 Å². The molecule has 7 heteroatoms. The number of ketones is 1. The second kappa shape index (κ2) is 8.95. The summed E-state index contributed by atoms with van der Waals surface area (Å²) in [5, 5.41) is 4.45. The number of halogens is 2. The molecule has 1 amide bonds. The molecule has 168 valence electrons. The summed E-state index contributed by atoms with van der Waals surface area (Å²) in [6.07, 6.45) is 4.33. The monoisotopic (exact) mass is 473 g/mol. The van der Waals surface area contributed by atoms with Gasteiger partial charge >= 0.3 is 0 Å². The van der Waals surface area contributed by atoms with Crippen molar-refractivity contribution in [2.24, 2.45) is 5.92 Å². The molecule has 1 N–H and O–H groups in total. The van der Waals surface area contributed by atoms with E-state index in [1.165, 1.54) is 0 Å². The van der Waals surface area contributed by atoms with Crippen molar-refractivity contribution in [1.29, 1.82) is 0 Å². The predicted molar refractivity (Wildman–Crippen MR) is 123 cm³/mol. The summed E-state index contributed by atoms with van der Waals surface area (Å²) in [7, 11) is 0. The van der Waals surface area contributed by atoms with Gasteiger partial charge in [0.2, 0.25) is 0 Å². The average molecular weight is 474 g/mol. The van der Waals surface area contributed by atoms with Crippen LogP contribution in [0.15, 0.2) is 36.4 Å². The van der Waals surface area contributed by atoms with Crippen molar-refractivity contribution in [3.8, 4) is 11.5 Å². The Morgan fingerprint density at radius 1 is 0.844 bits per heavy atom. The molecule has 1 aliphatic carbocycles. The molecule has 5 nitrogen and oxygen atoms in total. The van der Waals surface area contributed by atoms with E-state index in [1.807, 2.05) is 24.3 Å². The first-order valence-corrected chi connectivity index (χ1v) is 11.9. The minimum Gasteiger partial charge on any atom is -0.482 e. The van der Waals surface area contributed by atoms with Crippen molar-refractivity contribution in [2.75, 3.05) is 0 Å². The van der Waals surface area contributed by atoms with E-state index in [0.717, 1.165) is 48.3 Å². The molecule has 5 rings (SSSR count). The summed E-state index contributed by atoms with van der Waals surface area (Å²) in [5.41, 5.74) is 1.97. The Hall–Kier alpha value is -2.24. The minimum atomic E-state index is -0.502. The van der Waals surface area contributed by atoms with Gasteiger partial charge in [0, 0.05) is 35.3 Å². The predicted octanol–water partition coefficient (Wildman–Crippen LogP) is 4.93. The summed E-state index contributed by atoms with van der Waals surface area (Å²) >= 11 is 12.1. The number of carbonyl (C=O) groups excluding carboxylic acids is 2. The normalized spacial score (nSPS) is 25.9. The summed E-state index contributed by atoms with van der Waals surface area (Å²) in [6, 6.07) is 11.1. The lowest BCUT2D eigenvalue weighted by atomic mass is 9.82. The van der Waals surface area contributed by atoms with E-state index in [0.29, 0.717) is 35.2 Å². The highest BCUT2D eigenvalue weighted by Crippen LogP contribution is 2.34. The van der Waals surface area contributed by atoms with Crippen LogP contribution in [0, 0.1) is 5.92 Å². The zero-order valence-electron chi connectivity index (χ0n) is 17.6. The van der Waals surface area contributed by atoms with Gasteiger partial charge in [-0.05, 0) is 79.1 Å². The lowest BCUT2D eigenvalue weighted by Crippen LogP contribution is -2.44. The molecule has 2 heterocycles. The number of nitrogens with one attached hydrogen (secondary N) is 1. The van der Waals surface area contributed by atoms with Crippen LogP contribution in [-0.4, -0.2) is 29.9 Å². The molecule has 1 saturated carbocycles. The zero-order chi connectivity index (χ0) is 22.2. The first-order chi connectivity index (χ1) is 15.4. The number of carbonyl (C=O) groups is 2.